The Balaban J connectivity index is 1.20. The lowest BCUT2D eigenvalue weighted by Crippen LogP contribution is -2.49. The summed E-state index contributed by atoms with van der Waals surface area (Å²) in [5.41, 5.74) is 3.66. The van der Waals surface area contributed by atoms with Crippen LogP contribution in [-0.2, 0) is 9.53 Å². The average molecular weight is 569 g/mol. The molecule has 4 aromatic rings. The van der Waals surface area contributed by atoms with Gasteiger partial charge in [0.25, 0.3) is 0 Å². The standard InChI is InChI=1S/C34H32O8/c1-37-27-12-5-3-10-24(27)31-26(32(33(31)34(35)36)25-11-4-6-13-28(25)38-2)18-39-19-40-23-9-7-8-21(16-23)22-14-15-29-30(17-22)42-20-41-29/h3-17,26,31-33H,18-20H2,1-2H3,(H,35,36)/t26?,31-,32?,33?/m0/s1. The Bertz CT molecular complexity index is 1510. The number of carboxylic acids is 1. The molecule has 216 valence electrons. The van der Waals surface area contributed by atoms with Gasteiger partial charge in [0.15, 0.2) is 18.3 Å². The van der Waals surface area contributed by atoms with Gasteiger partial charge in [-0.25, -0.2) is 0 Å². The number of hydrogen-bond acceptors (Lipinski definition) is 7. The smallest absolute Gasteiger partial charge is 0.307 e. The number of benzene rings is 4. The van der Waals surface area contributed by atoms with Crippen LogP contribution < -0.4 is 23.7 Å². The summed E-state index contributed by atoms with van der Waals surface area (Å²) in [7, 11) is 3.20. The molecule has 0 radical (unpaired) electrons. The molecule has 3 unspecified atom stereocenters. The molecule has 0 aromatic heterocycles. The highest BCUT2D eigenvalue weighted by Gasteiger charge is 2.56. The summed E-state index contributed by atoms with van der Waals surface area (Å²) >= 11 is 0. The number of para-hydroxylation sites is 2. The summed E-state index contributed by atoms with van der Waals surface area (Å²) in [6, 6.07) is 28.7. The lowest BCUT2D eigenvalue weighted by molar-refractivity contribution is -0.152. The largest absolute Gasteiger partial charge is 0.496 e. The molecular weight excluding hydrogens is 536 g/mol. The fourth-order valence-corrected chi connectivity index (χ4v) is 6.22. The van der Waals surface area contributed by atoms with Crippen molar-refractivity contribution >= 4 is 5.97 Å². The van der Waals surface area contributed by atoms with E-state index in [9.17, 15) is 9.90 Å². The zero-order chi connectivity index (χ0) is 29.1. The maximum atomic E-state index is 12.7. The predicted octanol–water partition coefficient (Wildman–Crippen LogP) is 6.35. The van der Waals surface area contributed by atoms with Crippen molar-refractivity contribution in [1.29, 1.82) is 0 Å². The van der Waals surface area contributed by atoms with E-state index in [1.807, 2.05) is 91.0 Å². The number of rotatable bonds is 11. The van der Waals surface area contributed by atoms with Gasteiger partial charge in [-0.3, -0.25) is 4.79 Å². The molecule has 1 heterocycles. The highest BCUT2D eigenvalue weighted by Crippen LogP contribution is 2.60. The molecule has 1 N–H and O–H groups in total. The number of carboxylic acid groups (broad SMARTS) is 1. The minimum atomic E-state index is -0.866. The number of methoxy groups -OCH3 is 2. The minimum Gasteiger partial charge on any atom is -0.496 e. The molecule has 0 amide bonds. The summed E-state index contributed by atoms with van der Waals surface area (Å²) in [5.74, 6) is 1.11. The molecule has 42 heavy (non-hydrogen) atoms. The first-order valence-electron chi connectivity index (χ1n) is 13.8. The average Bonchev–Trinajstić information content (AvgIpc) is 3.49. The first-order chi connectivity index (χ1) is 20.6. The molecule has 4 aromatic carbocycles. The Labute approximate surface area is 244 Å². The Morgan fingerprint density at radius 3 is 2.10 bits per heavy atom. The lowest BCUT2D eigenvalue weighted by Gasteiger charge is -2.50. The summed E-state index contributed by atoms with van der Waals surface area (Å²) in [6.07, 6.45) is 0. The van der Waals surface area contributed by atoms with Gasteiger partial charge in [-0.2, -0.15) is 0 Å². The number of fused-ring (bicyclic) bond motifs is 1. The molecule has 1 fully saturated rings. The Kier molecular flexibility index (Phi) is 7.88. The van der Waals surface area contributed by atoms with E-state index < -0.39 is 11.9 Å². The Hall–Kier alpha value is -4.69. The lowest BCUT2D eigenvalue weighted by atomic mass is 9.52. The van der Waals surface area contributed by atoms with Gasteiger partial charge in [0.05, 0.1) is 26.7 Å². The van der Waals surface area contributed by atoms with Crippen LogP contribution >= 0.6 is 0 Å². The summed E-state index contributed by atoms with van der Waals surface area (Å²) in [5, 5.41) is 10.4. The molecular formula is C34H32O8. The third kappa shape index (κ3) is 5.21. The molecule has 2 aliphatic rings. The van der Waals surface area contributed by atoms with E-state index >= 15 is 0 Å². The molecule has 1 aliphatic carbocycles. The quantitative estimate of drug-likeness (QED) is 0.165. The van der Waals surface area contributed by atoms with Crippen molar-refractivity contribution in [3.63, 3.8) is 0 Å². The predicted molar refractivity (Wildman–Crippen MR) is 156 cm³/mol. The second-order valence-corrected chi connectivity index (χ2v) is 10.3. The second kappa shape index (κ2) is 12.0. The van der Waals surface area contributed by atoms with Crippen LogP contribution in [0.15, 0.2) is 91.0 Å². The van der Waals surface area contributed by atoms with Crippen LogP contribution in [0.25, 0.3) is 11.1 Å². The van der Waals surface area contributed by atoms with E-state index in [1.54, 1.807) is 14.2 Å². The molecule has 6 rings (SSSR count). The van der Waals surface area contributed by atoms with E-state index in [2.05, 4.69) is 0 Å². The number of carbonyl (C=O) groups is 1. The van der Waals surface area contributed by atoms with Gasteiger partial charge < -0.3 is 33.5 Å². The normalized spacial score (nSPS) is 20.4. The van der Waals surface area contributed by atoms with Gasteiger partial charge in [0.2, 0.25) is 6.79 Å². The monoisotopic (exact) mass is 568 g/mol. The van der Waals surface area contributed by atoms with E-state index in [0.717, 1.165) is 33.8 Å². The van der Waals surface area contributed by atoms with Gasteiger partial charge in [0.1, 0.15) is 17.2 Å². The van der Waals surface area contributed by atoms with Crippen molar-refractivity contribution < 1.29 is 38.3 Å². The molecule has 4 atom stereocenters. The van der Waals surface area contributed by atoms with Crippen molar-refractivity contribution in [2.24, 2.45) is 11.8 Å². The molecule has 8 heteroatoms. The summed E-state index contributed by atoms with van der Waals surface area (Å²) in [6.45, 7) is 0.524. The van der Waals surface area contributed by atoms with Crippen molar-refractivity contribution in [1.82, 2.24) is 0 Å². The van der Waals surface area contributed by atoms with Crippen molar-refractivity contribution in [3.05, 3.63) is 102 Å². The molecule has 0 saturated heterocycles. The van der Waals surface area contributed by atoms with Crippen molar-refractivity contribution in [3.8, 4) is 39.9 Å². The van der Waals surface area contributed by atoms with Crippen LogP contribution in [-0.4, -0.2) is 45.5 Å². The molecule has 8 nitrogen and oxygen atoms in total. The van der Waals surface area contributed by atoms with Crippen LogP contribution in [0.3, 0.4) is 0 Å². The Morgan fingerprint density at radius 1 is 0.786 bits per heavy atom. The maximum Gasteiger partial charge on any atom is 0.307 e. The van der Waals surface area contributed by atoms with Gasteiger partial charge in [-0.15, -0.1) is 0 Å². The van der Waals surface area contributed by atoms with Crippen molar-refractivity contribution in [2.45, 2.75) is 11.8 Å². The van der Waals surface area contributed by atoms with E-state index in [0.29, 0.717) is 17.2 Å². The molecule has 1 aliphatic heterocycles. The summed E-state index contributed by atoms with van der Waals surface area (Å²) < 4.78 is 34.3. The van der Waals surface area contributed by atoms with Crippen molar-refractivity contribution in [2.75, 3.05) is 34.4 Å². The zero-order valence-electron chi connectivity index (χ0n) is 23.4. The van der Waals surface area contributed by atoms with E-state index in [1.165, 1.54) is 0 Å². The molecule has 0 bridgehead atoms. The SMILES string of the molecule is COc1ccccc1C1C(COCOc2cccc(-c3ccc4c(c3)OCO4)c2)[C@H](c2ccccc2OC)C1C(=O)O. The zero-order valence-corrected chi connectivity index (χ0v) is 23.4. The fraction of sp³-hybridized carbons (Fsp3) is 0.265. The first-order valence-corrected chi connectivity index (χ1v) is 13.8. The first kappa shape index (κ1) is 27.5. The van der Waals surface area contributed by atoms with Crippen LogP contribution in [0.5, 0.6) is 28.7 Å². The minimum absolute atomic E-state index is 0.0100. The highest BCUT2D eigenvalue weighted by atomic mass is 16.7. The van der Waals surface area contributed by atoms with Gasteiger partial charge in [-0.1, -0.05) is 54.6 Å². The number of aliphatic carboxylic acids is 1. The van der Waals surface area contributed by atoms with E-state index in [-0.39, 0.29) is 37.9 Å². The van der Waals surface area contributed by atoms with Crippen LogP contribution in [0.2, 0.25) is 0 Å². The topological polar surface area (TPSA) is 92.7 Å². The van der Waals surface area contributed by atoms with Crippen LogP contribution in [0.4, 0.5) is 0 Å². The molecule has 1 saturated carbocycles. The number of hydrogen-bond donors (Lipinski definition) is 1. The van der Waals surface area contributed by atoms with E-state index in [4.69, 9.17) is 28.4 Å². The third-order valence-corrected chi connectivity index (χ3v) is 8.14. The van der Waals surface area contributed by atoms with Crippen LogP contribution in [0.1, 0.15) is 23.0 Å². The third-order valence-electron chi connectivity index (χ3n) is 8.14. The summed E-state index contributed by atoms with van der Waals surface area (Å²) in [4.78, 5) is 12.7. The molecule has 0 spiro atoms. The van der Waals surface area contributed by atoms with Gasteiger partial charge >= 0.3 is 5.97 Å². The Morgan fingerprint density at radius 2 is 1.43 bits per heavy atom. The highest BCUT2D eigenvalue weighted by molar-refractivity contribution is 5.76. The maximum absolute atomic E-state index is 12.7. The van der Waals surface area contributed by atoms with Gasteiger partial charge in [0, 0.05) is 11.8 Å². The van der Waals surface area contributed by atoms with Gasteiger partial charge in [-0.05, 0) is 64.6 Å². The second-order valence-electron chi connectivity index (χ2n) is 10.3. The van der Waals surface area contributed by atoms with Crippen LogP contribution in [0, 0.1) is 11.8 Å². The number of ether oxygens (including phenoxy) is 6. The fourth-order valence-electron chi connectivity index (χ4n) is 6.22.